The summed E-state index contributed by atoms with van der Waals surface area (Å²) in [6.45, 7) is 2.29. The second kappa shape index (κ2) is 20.9. The fraction of sp³-hybridized carbons (Fsp3) is 1.00. The van der Waals surface area contributed by atoms with Gasteiger partial charge >= 0.3 is 0 Å². The van der Waals surface area contributed by atoms with E-state index in [1.54, 1.807) is 0 Å². The first-order valence-electron chi connectivity index (χ1n) is 9.12. The van der Waals surface area contributed by atoms with E-state index in [1.807, 2.05) is 0 Å². The van der Waals surface area contributed by atoms with Gasteiger partial charge in [-0.1, -0.05) is 106 Å². The molecule has 2 N–H and O–H groups in total. The predicted molar refractivity (Wildman–Crippen MR) is 107 cm³/mol. The van der Waals surface area contributed by atoms with Crippen LogP contribution in [0.4, 0.5) is 0 Å². The standard InChI is InChI=1S/C18H38BrN.BrH/c1-2-3-4-5-6-7-8-9-10-11-12-13-14-15-18(20)16-17-19;/h18H,2-17,20H2,1H3;1H. The highest BCUT2D eigenvalue weighted by Crippen LogP contribution is 2.13. The van der Waals surface area contributed by atoms with Crippen LogP contribution >= 0.6 is 32.9 Å². The van der Waals surface area contributed by atoms with Crippen molar-refractivity contribution in [2.45, 2.75) is 109 Å². The first kappa shape index (κ1) is 24.2. The summed E-state index contributed by atoms with van der Waals surface area (Å²) < 4.78 is 0. The van der Waals surface area contributed by atoms with Crippen LogP contribution in [0.2, 0.25) is 0 Å². The zero-order valence-electron chi connectivity index (χ0n) is 14.3. The van der Waals surface area contributed by atoms with Crippen molar-refractivity contribution < 1.29 is 0 Å². The molecule has 0 saturated heterocycles. The number of alkyl halides is 1. The topological polar surface area (TPSA) is 26.0 Å². The second-order valence-electron chi connectivity index (χ2n) is 6.27. The average Bonchev–Trinajstić information content (AvgIpc) is 2.44. The molecule has 1 atom stereocenters. The van der Waals surface area contributed by atoms with Crippen molar-refractivity contribution in [1.29, 1.82) is 0 Å². The van der Waals surface area contributed by atoms with Gasteiger partial charge in [-0.3, -0.25) is 0 Å². The minimum Gasteiger partial charge on any atom is -0.328 e. The van der Waals surface area contributed by atoms with Gasteiger partial charge in [0, 0.05) is 11.4 Å². The largest absolute Gasteiger partial charge is 0.328 e. The Labute approximate surface area is 153 Å². The molecule has 0 aliphatic carbocycles. The lowest BCUT2D eigenvalue weighted by Crippen LogP contribution is -2.19. The minimum absolute atomic E-state index is 0. The maximum atomic E-state index is 5.99. The summed E-state index contributed by atoms with van der Waals surface area (Å²) >= 11 is 3.45. The highest BCUT2D eigenvalue weighted by molar-refractivity contribution is 9.09. The summed E-state index contributed by atoms with van der Waals surface area (Å²) in [6.07, 6.45) is 20.9. The molecule has 0 aromatic rings. The van der Waals surface area contributed by atoms with Crippen LogP contribution in [0.25, 0.3) is 0 Å². The number of unbranched alkanes of at least 4 members (excludes halogenated alkanes) is 12. The Morgan fingerprint density at radius 1 is 0.667 bits per heavy atom. The average molecular weight is 429 g/mol. The Balaban J connectivity index is 0. The maximum Gasteiger partial charge on any atom is 0.00467 e. The normalized spacial score (nSPS) is 12.1. The SMILES string of the molecule is Br.CCCCCCCCCCCCCCCC(N)CCBr. The number of rotatable bonds is 16. The van der Waals surface area contributed by atoms with Crippen molar-refractivity contribution in [3.63, 3.8) is 0 Å². The third-order valence-corrected chi connectivity index (χ3v) is 4.62. The smallest absolute Gasteiger partial charge is 0.00467 e. The molecular formula is C18H39Br2N. The number of hydrogen-bond donors (Lipinski definition) is 1. The molecule has 0 aliphatic heterocycles. The molecule has 0 aromatic heterocycles. The van der Waals surface area contributed by atoms with E-state index in [-0.39, 0.29) is 17.0 Å². The van der Waals surface area contributed by atoms with Gasteiger partial charge in [0.2, 0.25) is 0 Å². The molecule has 0 aromatic carbocycles. The molecule has 21 heavy (non-hydrogen) atoms. The Bertz CT molecular complexity index is 177. The predicted octanol–water partition coefficient (Wildman–Crippen LogP) is 7.16. The number of halogens is 2. The van der Waals surface area contributed by atoms with Crippen molar-refractivity contribution in [3.05, 3.63) is 0 Å². The molecule has 0 bridgehead atoms. The lowest BCUT2D eigenvalue weighted by Gasteiger charge is -2.09. The molecule has 0 radical (unpaired) electrons. The maximum absolute atomic E-state index is 5.99. The van der Waals surface area contributed by atoms with E-state index in [0.29, 0.717) is 6.04 Å². The molecule has 0 saturated carbocycles. The van der Waals surface area contributed by atoms with Crippen molar-refractivity contribution >= 4 is 32.9 Å². The van der Waals surface area contributed by atoms with Gasteiger partial charge in [0.15, 0.2) is 0 Å². The molecule has 3 heteroatoms. The van der Waals surface area contributed by atoms with Gasteiger partial charge < -0.3 is 5.73 Å². The van der Waals surface area contributed by atoms with Crippen LogP contribution in [-0.4, -0.2) is 11.4 Å². The van der Waals surface area contributed by atoms with Crippen LogP contribution in [-0.2, 0) is 0 Å². The van der Waals surface area contributed by atoms with Gasteiger partial charge in [0.05, 0.1) is 0 Å². The Morgan fingerprint density at radius 2 is 1.05 bits per heavy atom. The van der Waals surface area contributed by atoms with Crippen LogP contribution in [0.5, 0.6) is 0 Å². The van der Waals surface area contributed by atoms with Crippen LogP contribution in [0.1, 0.15) is 103 Å². The summed E-state index contributed by atoms with van der Waals surface area (Å²) in [5, 5.41) is 1.05. The summed E-state index contributed by atoms with van der Waals surface area (Å²) in [4.78, 5) is 0. The molecule has 0 spiro atoms. The van der Waals surface area contributed by atoms with E-state index in [4.69, 9.17) is 5.73 Å². The summed E-state index contributed by atoms with van der Waals surface area (Å²) in [7, 11) is 0. The van der Waals surface area contributed by atoms with E-state index in [1.165, 1.54) is 89.9 Å². The summed E-state index contributed by atoms with van der Waals surface area (Å²) in [6, 6.07) is 0.419. The number of hydrogen-bond acceptors (Lipinski definition) is 1. The first-order valence-corrected chi connectivity index (χ1v) is 10.2. The van der Waals surface area contributed by atoms with Crippen LogP contribution < -0.4 is 5.73 Å². The van der Waals surface area contributed by atoms with Crippen molar-refractivity contribution in [3.8, 4) is 0 Å². The van der Waals surface area contributed by atoms with Crippen molar-refractivity contribution in [2.24, 2.45) is 5.73 Å². The molecule has 0 aliphatic rings. The van der Waals surface area contributed by atoms with E-state index in [0.717, 1.165) is 11.8 Å². The van der Waals surface area contributed by atoms with Gasteiger partial charge in [0.25, 0.3) is 0 Å². The monoisotopic (exact) mass is 427 g/mol. The molecule has 130 valence electrons. The molecule has 0 amide bonds. The van der Waals surface area contributed by atoms with Crippen molar-refractivity contribution in [1.82, 2.24) is 0 Å². The van der Waals surface area contributed by atoms with Crippen LogP contribution in [0.15, 0.2) is 0 Å². The van der Waals surface area contributed by atoms with E-state index < -0.39 is 0 Å². The van der Waals surface area contributed by atoms with Crippen LogP contribution in [0, 0.1) is 0 Å². The molecule has 0 heterocycles. The number of nitrogens with two attached hydrogens (primary N) is 1. The quantitative estimate of drug-likeness (QED) is 0.205. The third kappa shape index (κ3) is 20.9. The Kier molecular flexibility index (Phi) is 24.1. The fourth-order valence-electron chi connectivity index (χ4n) is 2.71. The zero-order chi connectivity index (χ0) is 14.9. The second-order valence-corrected chi connectivity index (χ2v) is 7.06. The zero-order valence-corrected chi connectivity index (χ0v) is 17.6. The highest BCUT2D eigenvalue weighted by Gasteiger charge is 2.00. The fourth-order valence-corrected chi connectivity index (χ4v) is 3.30. The third-order valence-electron chi connectivity index (χ3n) is 4.16. The molecule has 0 fully saturated rings. The van der Waals surface area contributed by atoms with Gasteiger partial charge in [-0.15, -0.1) is 17.0 Å². The minimum atomic E-state index is 0. The van der Waals surface area contributed by atoms with E-state index >= 15 is 0 Å². The van der Waals surface area contributed by atoms with Crippen LogP contribution in [0.3, 0.4) is 0 Å². The lowest BCUT2D eigenvalue weighted by atomic mass is 10.0. The lowest BCUT2D eigenvalue weighted by molar-refractivity contribution is 0.513. The summed E-state index contributed by atoms with van der Waals surface area (Å²) in [5.41, 5.74) is 5.99. The Morgan fingerprint density at radius 3 is 1.43 bits per heavy atom. The van der Waals surface area contributed by atoms with Crippen molar-refractivity contribution in [2.75, 3.05) is 5.33 Å². The summed E-state index contributed by atoms with van der Waals surface area (Å²) in [5.74, 6) is 0. The molecule has 1 nitrogen and oxygen atoms in total. The molecular weight excluding hydrogens is 390 g/mol. The van der Waals surface area contributed by atoms with Gasteiger partial charge in [-0.25, -0.2) is 0 Å². The Hall–Kier alpha value is 0.920. The molecule has 1 unspecified atom stereocenters. The molecule has 0 rings (SSSR count). The van der Waals surface area contributed by atoms with Gasteiger partial charge in [-0.05, 0) is 12.8 Å². The highest BCUT2D eigenvalue weighted by atomic mass is 79.9. The van der Waals surface area contributed by atoms with E-state index in [9.17, 15) is 0 Å². The van der Waals surface area contributed by atoms with Gasteiger partial charge in [0.1, 0.15) is 0 Å². The first-order chi connectivity index (χ1) is 9.81. The van der Waals surface area contributed by atoms with Gasteiger partial charge in [-0.2, -0.15) is 0 Å². The van der Waals surface area contributed by atoms with E-state index in [2.05, 4.69) is 22.9 Å².